The zero-order chi connectivity index (χ0) is 27.1. The van der Waals surface area contributed by atoms with Crippen molar-refractivity contribution >= 4 is 34.3 Å². The third kappa shape index (κ3) is 5.22. The molecule has 0 amide bonds. The predicted molar refractivity (Wildman–Crippen MR) is 145 cm³/mol. The Morgan fingerprint density at radius 1 is 1.03 bits per heavy atom. The number of carbonyl (C=O) groups is 2. The minimum atomic E-state index is -0.466. The molecule has 2 aromatic rings. The molecule has 0 aromatic heterocycles. The van der Waals surface area contributed by atoms with Crippen LogP contribution in [0, 0.1) is 0 Å². The molecule has 4 atom stereocenters. The quantitative estimate of drug-likeness (QED) is 0.250. The number of benzene rings is 2. The van der Waals surface area contributed by atoms with Crippen molar-refractivity contribution in [1.29, 1.82) is 0 Å². The fourth-order valence-corrected chi connectivity index (χ4v) is 5.75. The van der Waals surface area contributed by atoms with Gasteiger partial charge in [-0.2, -0.15) is 0 Å². The van der Waals surface area contributed by atoms with Crippen molar-refractivity contribution in [2.75, 3.05) is 13.2 Å². The van der Waals surface area contributed by atoms with Gasteiger partial charge in [-0.1, -0.05) is 43.8 Å². The van der Waals surface area contributed by atoms with Gasteiger partial charge in [-0.25, -0.2) is 9.59 Å². The number of halogens is 1. The van der Waals surface area contributed by atoms with Crippen LogP contribution in [0.3, 0.4) is 0 Å². The van der Waals surface area contributed by atoms with Crippen molar-refractivity contribution in [3.63, 3.8) is 0 Å². The van der Waals surface area contributed by atoms with Crippen LogP contribution in [0.5, 0.6) is 11.5 Å². The van der Waals surface area contributed by atoms with E-state index < -0.39 is 24.1 Å². The van der Waals surface area contributed by atoms with E-state index in [0.717, 1.165) is 52.7 Å². The van der Waals surface area contributed by atoms with Gasteiger partial charge in [-0.3, -0.25) is 0 Å². The van der Waals surface area contributed by atoms with Gasteiger partial charge >= 0.3 is 11.9 Å². The highest BCUT2D eigenvalue weighted by atomic mass is 35.5. The lowest BCUT2D eigenvalue weighted by Crippen LogP contribution is -2.25. The molecule has 0 radical (unpaired) electrons. The maximum atomic E-state index is 12.0. The Kier molecular flexibility index (Phi) is 7.61. The maximum Gasteiger partial charge on any atom is 0.333 e. The van der Waals surface area contributed by atoms with Gasteiger partial charge in [0.1, 0.15) is 36.9 Å². The smallest absolute Gasteiger partial charge is 0.333 e. The number of fused-ring (bicyclic) bond motifs is 6. The molecule has 0 saturated heterocycles. The SMILES string of the molecule is C=C(C)C(=O)OC(C)COc1c2c(c(OCC(C)OC(=O)C(=C)C)c3c(Cl)cccc13)C1CCC2(C)C1. The van der Waals surface area contributed by atoms with Gasteiger partial charge in [0.05, 0.1) is 5.02 Å². The third-order valence-electron chi connectivity index (χ3n) is 7.22. The van der Waals surface area contributed by atoms with Crippen molar-refractivity contribution in [2.24, 2.45) is 0 Å². The lowest BCUT2D eigenvalue weighted by Gasteiger charge is -2.31. The van der Waals surface area contributed by atoms with E-state index in [-0.39, 0.29) is 18.6 Å². The molecular weight excluding hydrogens is 492 g/mol. The number of rotatable bonds is 10. The second kappa shape index (κ2) is 10.4. The molecule has 7 heteroatoms. The van der Waals surface area contributed by atoms with Crippen LogP contribution in [0.1, 0.15) is 70.9 Å². The van der Waals surface area contributed by atoms with Crippen molar-refractivity contribution in [3.8, 4) is 11.5 Å². The van der Waals surface area contributed by atoms with Gasteiger partial charge in [-0.05, 0) is 64.4 Å². The molecule has 2 aliphatic rings. The molecule has 6 nitrogen and oxygen atoms in total. The Morgan fingerprint density at radius 3 is 2.16 bits per heavy atom. The first kappa shape index (κ1) is 27.1. The molecule has 198 valence electrons. The molecular formula is C30H35ClO6. The Labute approximate surface area is 223 Å². The zero-order valence-electron chi connectivity index (χ0n) is 22.2. The van der Waals surface area contributed by atoms with Gasteiger partial charge < -0.3 is 18.9 Å². The van der Waals surface area contributed by atoms with E-state index in [1.165, 1.54) is 0 Å². The maximum absolute atomic E-state index is 12.0. The standard InChI is InChI=1S/C30H35ClO6/c1-16(2)28(32)36-18(5)14-34-26-21-9-8-10-22(31)24(21)27(35-15-19(6)37-29(33)17(3)4)23-20-11-12-30(7,13-20)25(23)26/h8-10,18-20H,1,3,11-15H2,2,4-7H3. The average molecular weight is 527 g/mol. The summed E-state index contributed by atoms with van der Waals surface area (Å²) in [7, 11) is 0. The number of esters is 2. The Hall–Kier alpha value is -2.99. The van der Waals surface area contributed by atoms with Crippen LogP contribution in [0.25, 0.3) is 10.8 Å². The number of hydrogen-bond donors (Lipinski definition) is 0. The van der Waals surface area contributed by atoms with Crippen LogP contribution in [0.15, 0.2) is 42.5 Å². The van der Waals surface area contributed by atoms with E-state index in [1.807, 2.05) is 18.2 Å². The second-order valence-corrected chi connectivity index (χ2v) is 11.1. The summed E-state index contributed by atoms with van der Waals surface area (Å²) < 4.78 is 23.7. The summed E-state index contributed by atoms with van der Waals surface area (Å²) in [6, 6.07) is 5.71. The molecule has 2 aromatic carbocycles. The van der Waals surface area contributed by atoms with E-state index in [1.54, 1.807) is 27.7 Å². The van der Waals surface area contributed by atoms with Gasteiger partial charge in [-0.15, -0.1) is 0 Å². The van der Waals surface area contributed by atoms with E-state index in [0.29, 0.717) is 22.1 Å². The molecule has 4 unspecified atom stereocenters. The lowest BCUT2D eigenvalue weighted by molar-refractivity contribution is -0.145. The highest BCUT2D eigenvalue weighted by Crippen LogP contribution is 2.64. The van der Waals surface area contributed by atoms with Crippen molar-refractivity contribution in [3.05, 3.63) is 58.7 Å². The molecule has 37 heavy (non-hydrogen) atoms. The Balaban J connectivity index is 1.74. The first-order valence-electron chi connectivity index (χ1n) is 12.7. The van der Waals surface area contributed by atoms with Crippen LogP contribution in [0.4, 0.5) is 0 Å². The van der Waals surface area contributed by atoms with E-state index in [9.17, 15) is 9.59 Å². The van der Waals surface area contributed by atoms with E-state index in [2.05, 4.69) is 20.1 Å². The summed E-state index contributed by atoms with van der Waals surface area (Å²) in [5, 5.41) is 2.18. The van der Waals surface area contributed by atoms with Crippen LogP contribution in [-0.4, -0.2) is 37.4 Å². The minimum absolute atomic E-state index is 0.0559. The summed E-state index contributed by atoms with van der Waals surface area (Å²) in [4.78, 5) is 24.0. The first-order valence-corrected chi connectivity index (χ1v) is 13.1. The average Bonchev–Trinajstić information content (AvgIpc) is 3.35. The van der Waals surface area contributed by atoms with Crippen molar-refractivity contribution in [2.45, 2.75) is 77.4 Å². The second-order valence-electron chi connectivity index (χ2n) is 10.7. The fraction of sp³-hybridized carbons (Fsp3) is 0.467. The van der Waals surface area contributed by atoms with Crippen molar-refractivity contribution < 1.29 is 28.5 Å². The minimum Gasteiger partial charge on any atom is -0.489 e. The number of carbonyl (C=O) groups excluding carboxylic acids is 2. The molecule has 2 aliphatic carbocycles. The van der Waals surface area contributed by atoms with Crippen LogP contribution >= 0.6 is 11.6 Å². The summed E-state index contributed by atoms with van der Waals surface area (Å²) in [5.41, 5.74) is 2.89. The van der Waals surface area contributed by atoms with Crippen molar-refractivity contribution in [1.82, 2.24) is 0 Å². The predicted octanol–water partition coefficient (Wildman–Crippen LogP) is 6.81. The van der Waals surface area contributed by atoms with Crippen LogP contribution in [0.2, 0.25) is 5.02 Å². The fourth-order valence-electron chi connectivity index (χ4n) is 5.49. The summed E-state index contributed by atoms with van der Waals surface area (Å²) in [6.45, 7) is 16.8. The lowest BCUT2D eigenvalue weighted by atomic mass is 9.78. The molecule has 2 bridgehead atoms. The highest BCUT2D eigenvalue weighted by molar-refractivity contribution is 6.36. The largest absolute Gasteiger partial charge is 0.489 e. The molecule has 1 fully saturated rings. The Bertz CT molecular complexity index is 1280. The Morgan fingerprint density at radius 2 is 1.59 bits per heavy atom. The third-order valence-corrected chi connectivity index (χ3v) is 7.53. The molecule has 1 saturated carbocycles. The van der Waals surface area contributed by atoms with Gasteiger partial charge in [0.25, 0.3) is 0 Å². The van der Waals surface area contributed by atoms with E-state index >= 15 is 0 Å². The van der Waals surface area contributed by atoms with Gasteiger partial charge in [0, 0.05) is 33.0 Å². The number of ether oxygens (including phenoxy) is 4. The monoisotopic (exact) mass is 526 g/mol. The topological polar surface area (TPSA) is 71.1 Å². The molecule has 4 rings (SSSR count). The van der Waals surface area contributed by atoms with Gasteiger partial charge in [0.15, 0.2) is 0 Å². The van der Waals surface area contributed by atoms with E-state index in [4.69, 9.17) is 30.5 Å². The zero-order valence-corrected chi connectivity index (χ0v) is 23.0. The summed E-state index contributed by atoms with van der Waals surface area (Å²) in [6.07, 6.45) is 2.19. The molecule has 0 N–H and O–H groups in total. The molecule has 0 spiro atoms. The summed E-state index contributed by atoms with van der Waals surface area (Å²) >= 11 is 6.77. The highest BCUT2D eigenvalue weighted by Gasteiger charge is 2.50. The van der Waals surface area contributed by atoms with Gasteiger partial charge in [0.2, 0.25) is 0 Å². The van der Waals surface area contributed by atoms with Crippen LogP contribution < -0.4 is 9.47 Å². The van der Waals surface area contributed by atoms with Crippen LogP contribution in [-0.2, 0) is 24.5 Å². The normalized spacial score (nSPS) is 21.2. The number of hydrogen-bond acceptors (Lipinski definition) is 6. The summed E-state index contributed by atoms with van der Waals surface area (Å²) in [5.74, 6) is 0.942. The first-order chi connectivity index (χ1) is 17.4. The molecule has 0 aliphatic heterocycles. The molecule has 0 heterocycles.